The summed E-state index contributed by atoms with van der Waals surface area (Å²) in [7, 11) is -3.66. The zero-order valence-electron chi connectivity index (χ0n) is 15.8. The molecule has 4 fully saturated rings. The minimum atomic E-state index is -3.66. The van der Waals surface area contributed by atoms with Crippen molar-refractivity contribution >= 4 is 15.9 Å². The lowest BCUT2D eigenvalue weighted by Gasteiger charge is -2.47. The smallest absolute Gasteiger partial charge is 0.411 e. The average molecular weight is 404 g/mol. The third-order valence-electron chi connectivity index (χ3n) is 6.78. The number of carbonyl (C=O) groups excluding carboxylic acids is 1. The van der Waals surface area contributed by atoms with Crippen molar-refractivity contribution in [3.8, 4) is 0 Å². The average Bonchev–Trinajstić information content (AvgIpc) is 3.27. The Hall–Kier alpha value is -1.90. The third kappa shape index (κ3) is 2.16. The van der Waals surface area contributed by atoms with Crippen LogP contribution in [0.1, 0.15) is 24.8 Å². The zero-order valence-corrected chi connectivity index (χ0v) is 16.6. The van der Waals surface area contributed by atoms with Gasteiger partial charge in [0.25, 0.3) is 0 Å². The van der Waals surface area contributed by atoms with E-state index in [1.165, 1.54) is 0 Å². The molecule has 4 aliphatic rings. The molecule has 0 N–H and O–H groups in total. The van der Waals surface area contributed by atoms with Crippen molar-refractivity contribution < 1.29 is 22.8 Å². The maximum absolute atomic E-state index is 13.5. The number of piperidine rings is 1. The molecule has 150 valence electrons. The van der Waals surface area contributed by atoms with Gasteiger partial charge in [-0.1, -0.05) is 23.8 Å². The van der Waals surface area contributed by atoms with Gasteiger partial charge in [0, 0.05) is 12.5 Å². The fourth-order valence-electron chi connectivity index (χ4n) is 5.61. The van der Waals surface area contributed by atoms with Crippen molar-refractivity contribution in [2.24, 2.45) is 11.8 Å². The van der Waals surface area contributed by atoms with Gasteiger partial charge in [-0.3, -0.25) is 9.74 Å². The Bertz CT molecular complexity index is 930. The normalized spacial score (nSPS) is 36.9. The molecular formula is C20H24N2O5S. The summed E-state index contributed by atoms with van der Waals surface area (Å²) >= 11 is 0. The molecule has 4 saturated heterocycles. The molecule has 0 saturated carbocycles. The fraction of sp³-hybridized carbons (Fsp3) is 0.550. The predicted molar refractivity (Wildman–Crippen MR) is 101 cm³/mol. The van der Waals surface area contributed by atoms with Gasteiger partial charge in [-0.15, -0.1) is 11.6 Å². The summed E-state index contributed by atoms with van der Waals surface area (Å²) in [5.74, 6) is 0.342. The Morgan fingerprint density at radius 2 is 2.04 bits per heavy atom. The highest BCUT2D eigenvalue weighted by atomic mass is 32.2. The van der Waals surface area contributed by atoms with Crippen LogP contribution in [0.15, 0.2) is 41.8 Å². The summed E-state index contributed by atoms with van der Waals surface area (Å²) in [5.41, 5.74) is 0.175. The van der Waals surface area contributed by atoms with Crippen LogP contribution in [0.5, 0.6) is 0 Å². The van der Waals surface area contributed by atoms with Crippen molar-refractivity contribution in [3.63, 3.8) is 0 Å². The summed E-state index contributed by atoms with van der Waals surface area (Å²) in [5, 5.41) is 0.755. The van der Waals surface area contributed by atoms with Crippen LogP contribution in [0, 0.1) is 18.8 Å². The topological polar surface area (TPSA) is 76.2 Å². The Morgan fingerprint density at radius 3 is 2.75 bits per heavy atom. The Morgan fingerprint density at radius 1 is 1.29 bits per heavy atom. The Balaban J connectivity index is 1.58. The largest absolute Gasteiger partial charge is 0.439 e. The van der Waals surface area contributed by atoms with Crippen LogP contribution >= 0.6 is 0 Å². The van der Waals surface area contributed by atoms with E-state index in [0.29, 0.717) is 19.4 Å². The number of benzene rings is 1. The van der Waals surface area contributed by atoms with E-state index >= 15 is 0 Å². The second kappa shape index (κ2) is 6.05. The first-order valence-electron chi connectivity index (χ1n) is 9.72. The molecule has 0 bridgehead atoms. The van der Waals surface area contributed by atoms with Crippen molar-refractivity contribution in [1.82, 2.24) is 9.96 Å². The minimum Gasteiger partial charge on any atom is -0.439 e. The zero-order chi connectivity index (χ0) is 19.7. The minimum absolute atomic E-state index is 0.105. The monoisotopic (exact) mass is 404 g/mol. The van der Waals surface area contributed by atoms with E-state index < -0.39 is 27.0 Å². The second-order valence-electron chi connectivity index (χ2n) is 8.17. The molecular weight excluding hydrogens is 380 g/mol. The summed E-state index contributed by atoms with van der Waals surface area (Å²) in [6, 6.07) is 6.89. The maximum Gasteiger partial charge on any atom is 0.411 e. The molecule has 0 aromatic heterocycles. The SMILES string of the molecule is C=CC[C@@H]1CN2C(=O)O[C@@H]3CON4C(S(=O)(=O)c5ccc(C)cc5)CC[C@@H]1[C@]324. The van der Waals surface area contributed by atoms with Crippen molar-refractivity contribution in [1.29, 1.82) is 0 Å². The van der Waals surface area contributed by atoms with Gasteiger partial charge in [0.1, 0.15) is 12.0 Å². The maximum atomic E-state index is 13.5. The number of hydroxylamine groups is 2. The molecule has 0 radical (unpaired) electrons. The lowest BCUT2D eigenvalue weighted by Crippen LogP contribution is -2.65. The fourth-order valence-corrected chi connectivity index (χ4v) is 7.37. The van der Waals surface area contributed by atoms with Crippen LogP contribution in [0.2, 0.25) is 0 Å². The first kappa shape index (κ1) is 18.1. The molecule has 5 atom stereocenters. The summed E-state index contributed by atoms with van der Waals surface area (Å²) in [4.78, 5) is 20.5. The molecule has 1 unspecified atom stereocenters. The van der Waals surface area contributed by atoms with Gasteiger partial charge in [0.2, 0.25) is 0 Å². The molecule has 4 aliphatic heterocycles. The first-order valence-corrected chi connectivity index (χ1v) is 11.3. The Kier molecular flexibility index (Phi) is 3.92. The molecule has 1 aromatic carbocycles. The van der Waals surface area contributed by atoms with Gasteiger partial charge < -0.3 is 4.74 Å². The summed E-state index contributed by atoms with van der Waals surface area (Å²) in [6.45, 7) is 6.51. The Labute approximate surface area is 164 Å². The van der Waals surface area contributed by atoms with Crippen LogP contribution in [0.4, 0.5) is 4.79 Å². The van der Waals surface area contributed by atoms with Gasteiger partial charge in [0.15, 0.2) is 21.6 Å². The second-order valence-corrected chi connectivity index (χ2v) is 10.3. The number of aryl methyl sites for hydroxylation is 1. The van der Waals surface area contributed by atoms with E-state index in [0.717, 1.165) is 12.0 Å². The first-order chi connectivity index (χ1) is 13.4. The highest BCUT2D eigenvalue weighted by Crippen LogP contribution is 2.58. The summed E-state index contributed by atoms with van der Waals surface area (Å²) in [6.07, 6.45) is 2.99. The number of rotatable bonds is 4. The van der Waals surface area contributed by atoms with Crippen molar-refractivity contribution in [3.05, 3.63) is 42.5 Å². The van der Waals surface area contributed by atoms with Gasteiger partial charge in [0.05, 0.1) is 4.90 Å². The van der Waals surface area contributed by atoms with Crippen LogP contribution in [0.25, 0.3) is 0 Å². The molecule has 1 spiro atoms. The summed E-state index contributed by atoms with van der Waals surface area (Å²) < 4.78 is 32.5. The van der Waals surface area contributed by atoms with Crippen LogP contribution < -0.4 is 0 Å². The molecule has 0 aliphatic carbocycles. The van der Waals surface area contributed by atoms with Gasteiger partial charge in [-0.05, 0) is 44.2 Å². The van der Waals surface area contributed by atoms with Gasteiger partial charge >= 0.3 is 6.09 Å². The van der Waals surface area contributed by atoms with E-state index in [1.807, 2.05) is 13.0 Å². The number of amides is 1. The number of ether oxygens (including phenoxy) is 1. The number of hydrogen-bond acceptors (Lipinski definition) is 6. The molecule has 4 heterocycles. The van der Waals surface area contributed by atoms with Gasteiger partial charge in [-0.25, -0.2) is 13.2 Å². The highest BCUT2D eigenvalue weighted by Gasteiger charge is 2.75. The lowest BCUT2D eigenvalue weighted by atomic mass is 9.76. The molecule has 7 nitrogen and oxygen atoms in total. The number of nitrogens with zero attached hydrogens (tertiary/aromatic N) is 2. The van der Waals surface area contributed by atoms with Crippen molar-refractivity contribution in [2.45, 2.75) is 48.2 Å². The lowest BCUT2D eigenvalue weighted by molar-refractivity contribution is -0.226. The molecule has 1 aromatic rings. The number of sulfone groups is 1. The quantitative estimate of drug-likeness (QED) is 0.718. The molecule has 8 heteroatoms. The molecule has 5 rings (SSSR count). The number of hydrogen-bond donors (Lipinski definition) is 0. The van der Waals surface area contributed by atoms with E-state index in [-0.39, 0.29) is 29.4 Å². The predicted octanol–water partition coefficient (Wildman–Crippen LogP) is 2.48. The standard InChI is InChI=1S/C20H24N2O5S/c1-3-4-14-11-21-19(23)27-17-12-26-22-18(10-9-16(14)20(17,21)22)28(24,25)15-7-5-13(2)6-8-15/h3,5-8,14,16-18H,1,4,9-12H2,2H3/t14-,16+,17-,18?,20+/m1/s1. The van der Waals surface area contributed by atoms with E-state index in [4.69, 9.17) is 9.57 Å². The third-order valence-corrected chi connectivity index (χ3v) is 8.86. The highest BCUT2D eigenvalue weighted by molar-refractivity contribution is 7.92. The van der Waals surface area contributed by atoms with Crippen LogP contribution in [-0.4, -0.2) is 54.8 Å². The number of carbonyl (C=O) groups is 1. The van der Waals surface area contributed by atoms with E-state index in [9.17, 15) is 13.2 Å². The van der Waals surface area contributed by atoms with Gasteiger partial charge in [-0.2, -0.15) is 0 Å². The van der Waals surface area contributed by atoms with Crippen LogP contribution in [-0.2, 0) is 19.4 Å². The van der Waals surface area contributed by atoms with Crippen molar-refractivity contribution in [2.75, 3.05) is 13.2 Å². The van der Waals surface area contributed by atoms with E-state index in [1.54, 1.807) is 34.2 Å². The number of allylic oxidation sites excluding steroid dienone is 1. The molecule has 28 heavy (non-hydrogen) atoms. The van der Waals surface area contributed by atoms with Crippen LogP contribution in [0.3, 0.4) is 0 Å². The molecule has 1 amide bonds. The van der Waals surface area contributed by atoms with E-state index in [2.05, 4.69) is 6.58 Å².